The maximum Gasteiger partial charge on any atom is 0.252 e. The van der Waals surface area contributed by atoms with Gasteiger partial charge in [-0.25, -0.2) is 4.39 Å². The summed E-state index contributed by atoms with van der Waals surface area (Å²) in [6.45, 7) is 8.01. The number of carbonyl (C=O) groups is 1. The van der Waals surface area contributed by atoms with E-state index in [4.69, 9.17) is 4.74 Å². The van der Waals surface area contributed by atoms with Gasteiger partial charge >= 0.3 is 0 Å². The van der Waals surface area contributed by atoms with Gasteiger partial charge in [-0.15, -0.1) is 0 Å². The number of nitrogens with zero attached hydrogens (tertiary/aromatic N) is 2. The van der Waals surface area contributed by atoms with Gasteiger partial charge in [-0.2, -0.15) is 0 Å². The summed E-state index contributed by atoms with van der Waals surface area (Å²) in [6.07, 6.45) is 2.03. The number of halogens is 1. The van der Waals surface area contributed by atoms with E-state index in [1.807, 2.05) is 43.3 Å². The van der Waals surface area contributed by atoms with Crippen LogP contribution in [0.1, 0.15) is 34.3 Å². The van der Waals surface area contributed by atoms with Crippen LogP contribution < -0.4 is 15.0 Å². The van der Waals surface area contributed by atoms with Gasteiger partial charge in [0.1, 0.15) is 11.6 Å². The number of nitrogens with one attached hydrogen (secondary N) is 1. The van der Waals surface area contributed by atoms with Gasteiger partial charge in [-0.1, -0.05) is 30.3 Å². The summed E-state index contributed by atoms with van der Waals surface area (Å²) >= 11 is 0. The Balaban J connectivity index is 1.08. The van der Waals surface area contributed by atoms with Crippen LogP contribution in [0.4, 0.5) is 10.1 Å². The molecule has 0 spiro atoms. The van der Waals surface area contributed by atoms with Crippen molar-refractivity contribution in [2.45, 2.75) is 26.3 Å². The standard InChI is InChI=1S/C27H30FN3O2/c1-19-24(11-10-21-18-29-27(32)25(19)21)33-17-3-2-12-30-13-15-31(16-14-30)23-9-5-7-20-6-4-8-22(28)26(20)23/h4-11H,2-3,12-18H2,1H3,(H,29,32). The number of amides is 1. The number of rotatable bonds is 7. The predicted octanol–water partition coefficient (Wildman–Crippen LogP) is 4.51. The van der Waals surface area contributed by atoms with Crippen molar-refractivity contribution < 1.29 is 13.9 Å². The van der Waals surface area contributed by atoms with E-state index < -0.39 is 0 Å². The summed E-state index contributed by atoms with van der Waals surface area (Å²) in [6, 6.07) is 15.3. The summed E-state index contributed by atoms with van der Waals surface area (Å²) in [5.74, 6) is 0.657. The second kappa shape index (κ2) is 9.40. The number of hydrogen-bond acceptors (Lipinski definition) is 4. The largest absolute Gasteiger partial charge is 0.493 e. The molecular formula is C27H30FN3O2. The molecule has 0 radical (unpaired) electrons. The zero-order chi connectivity index (χ0) is 22.8. The van der Waals surface area contributed by atoms with Crippen molar-refractivity contribution >= 4 is 22.4 Å². The first-order valence-electron chi connectivity index (χ1n) is 11.8. The molecule has 1 saturated heterocycles. The third-order valence-corrected chi connectivity index (χ3v) is 6.84. The summed E-state index contributed by atoms with van der Waals surface area (Å²) < 4.78 is 20.5. The second-order valence-corrected chi connectivity index (χ2v) is 8.90. The number of fused-ring (bicyclic) bond motifs is 2. The molecule has 0 bridgehead atoms. The van der Waals surface area contributed by atoms with Gasteiger partial charge < -0.3 is 15.0 Å². The van der Waals surface area contributed by atoms with E-state index in [0.29, 0.717) is 13.2 Å². The molecule has 0 saturated carbocycles. The van der Waals surface area contributed by atoms with Gasteiger partial charge in [-0.05, 0) is 55.5 Å². The van der Waals surface area contributed by atoms with Crippen molar-refractivity contribution in [3.8, 4) is 5.75 Å². The fraction of sp³-hybridized carbons (Fsp3) is 0.370. The Morgan fingerprint density at radius 1 is 1.00 bits per heavy atom. The molecule has 1 amide bonds. The fourth-order valence-electron chi connectivity index (χ4n) is 5.00. The predicted molar refractivity (Wildman–Crippen MR) is 130 cm³/mol. The van der Waals surface area contributed by atoms with Crippen molar-refractivity contribution in [2.24, 2.45) is 0 Å². The molecule has 3 aromatic rings. The fourth-order valence-corrected chi connectivity index (χ4v) is 5.00. The lowest BCUT2D eigenvalue weighted by molar-refractivity contribution is 0.0965. The minimum absolute atomic E-state index is 0.00155. The SMILES string of the molecule is Cc1c(OCCCCN2CCN(c3cccc4cccc(F)c34)CC2)ccc2c1C(=O)NC2. The summed E-state index contributed by atoms with van der Waals surface area (Å²) in [7, 11) is 0. The van der Waals surface area contributed by atoms with Crippen LogP contribution in [0.2, 0.25) is 0 Å². The number of benzene rings is 3. The Morgan fingerprint density at radius 3 is 2.61 bits per heavy atom. The molecular weight excluding hydrogens is 417 g/mol. The number of hydrogen-bond donors (Lipinski definition) is 1. The molecule has 3 aromatic carbocycles. The van der Waals surface area contributed by atoms with Crippen molar-refractivity contribution in [3.63, 3.8) is 0 Å². The molecule has 2 aliphatic heterocycles. The molecule has 5 rings (SSSR count). The smallest absolute Gasteiger partial charge is 0.252 e. The van der Waals surface area contributed by atoms with Gasteiger partial charge in [0.05, 0.1) is 12.2 Å². The first kappa shape index (κ1) is 21.7. The highest BCUT2D eigenvalue weighted by atomic mass is 19.1. The van der Waals surface area contributed by atoms with Crippen molar-refractivity contribution in [2.75, 3.05) is 44.2 Å². The van der Waals surface area contributed by atoms with Crippen LogP contribution in [0, 0.1) is 12.7 Å². The van der Waals surface area contributed by atoms with Crippen LogP contribution in [-0.4, -0.2) is 50.1 Å². The maximum absolute atomic E-state index is 14.5. The third-order valence-electron chi connectivity index (χ3n) is 6.84. The number of ether oxygens (including phenoxy) is 1. The van der Waals surface area contributed by atoms with Gasteiger partial charge in [0.15, 0.2) is 0 Å². The van der Waals surface area contributed by atoms with Crippen LogP contribution in [0.5, 0.6) is 5.75 Å². The molecule has 5 nitrogen and oxygen atoms in total. The Labute approximate surface area is 194 Å². The van der Waals surface area contributed by atoms with E-state index >= 15 is 0 Å². The van der Waals surface area contributed by atoms with E-state index in [1.165, 1.54) is 0 Å². The van der Waals surface area contributed by atoms with Gasteiger partial charge in [0.25, 0.3) is 5.91 Å². The average Bonchev–Trinajstić information content (AvgIpc) is 3.22. The normalized spacial score (nSPS) is 16.2. The van der Waals surface area contributed by atoms with Crippen LogP contribution in [0.15, 0.2) is 48.5 Å². The number of anilines is 1. The zero-order valence-corrected chi connectivity index (χ0v) is 19.1. The van der Waals surface area contributed by atoms with Crippen molar-refractivity contribution in [3.05, 3.63) is 71.0 Å². The third kappa shape index (κ3) is 4.40. The number of piperazine rings is 1. The maximum atomic E-state index is 14.5. The minimum atomic E-state index is -0.148. The Morgan fingerprint density at radius 2 is 1.79 bits per heavy atom. The lowest BCUT2D eigenvalue weighted by Gasteiger charge is -2.36. The summed E-state index contributed by atoms with van der Waals surface area (Å²) in [4.78, 5) is 16.8. The van der Waals surface area contributed by atoms with Crippen molar-refractivity contribution in [1.29, 1.82) is 0 Å². The van der Waals surface area contributed by atoms with E-state index in [9.17, 15) is 9.18 Å². The van der Waals surface area contributed by atoms with E-state index in [0.717, 1.165) is 84.5 Å². The molecule has 33 heavy (non-hydrogen) atoms. The van der Waals surface area contributed by atoms with Crippen LogP contribution >= 0.6 is 0 Å². The van der Waals surface area contributed by atoms with Crippen LogP contribution in [-0.2, 0) is 6.54 Å². The first-order chi connectivity index (χ1) is 16.1. The molecule has 0 unspecified atom stereocenters. The van der Waals surface area contributed by atoms with Crippen molar-refractivity contribution in [1.82, 2.24) is 10.2 Å². The first-order valence-corrected chi connectivity index (χ1v) is 11.8. The number of carbonyl (C=O) groups excluding carboxylic acids is 1. The molecule has 2 heterocycles. The summed E-state index contributed by atoms with van der Waals surface area (Å²) in [5, 5.41) is 4.55. The average molecular weight is 448 g/mol. The molecule has 2 aliphatic rings. The lowest BCUT2D eigenvalue weighted by Crippen LogP contribution is -2.46. The van der Waals surface area contributed by atoms with Gasteiger partial charge in [0, 0.05) is 49.4 Å². The van der Waals surface area contributed by atoms with Gasteiger partial charge in [-0.3, -0.25) is 9.69 Å². The Hall–Kier alpha value is -3.12. The molecule has 172 valence electrons. The highest BCUT2D eigenvalue weighted by Gasteiger charge is 2.23. The Bertz CT molecular complexity index is 1170. The highest BCUT2D eigenvalue weighted by molar-refractivity contribution is 6.00. The molecule has 0 atom stereocenters. The van der Waals surface area contributed by atoms with Gasteiger partial charge in [0.2, 0.25) is 0 Å². The molecule has 0 aliphatic carbocycles. The minimum Gasteiger partial charge on any atom is -0.493 e. The van der Waals surface area contributed by atoms with E-state index in [-0.39, 0.29) is 11.7 Å². The van der Waals surface area contributed by atoms with E-state index in [2.05, 4.69) is 15.1 Å². The van der Waals surface area contributed by atoms with E-state index in [1.54, 1.807) is 12.1 Å². The molecule has 1 fully saturated rings. The molecule has 6 heteroatoms. The zero-order valence-electron chi connectivity index (χ0n) is 19.1. The summed E-state index contributed by atoms with van der Waals surface area (Å²) in [5.41, 5.74) is 3.76. The highest BCUT2D eigenvalue weighted by Crippen LogP contribution is 2.30. The topological polar surface area (TPSA) is 44.8 Å². The lowest BCUT2D eigenvalue weighted by atomic mass is 10.0. The second-order valence-electron chi connectivity index (χ2n) is 8.90. The molecule has 1 N–H and O–H groups in total. The monoisotopic (exact) mass is 447 g/mol. The quantitative estimate of drug-likeness (QED) is 0.541. The molecule has 0 aromatic heterocycles. The van der Waals surface area contributed by atoms with Crippen LogP contribution in [0.25, 0.3) is 10.8 Å². The van der Waals surface area contributed by atoms with Crippen LogP contribution in [0.3, 0.4) is 0 Å². The Kier molecular flexibility index (Phi) is 6.18. The number of unbranched alkanes of at least 4 members (excludes halogenated alkanes) is 1.